The van der Waals surface area contributed by atoms with E-state index in [1.165, 1.54) is 11.3 Å². The molecular weight excluding hydrogens is 304 g/mol. The molecule has 0 saturated carbocycles. The van der Waals surface area contributed by atoms with E-state index in [0.29, 0.717) is 6.42 Å². The average molecular weight is 322 g/mol. The van der Waals surface area contributed by atoms with Crippen LogP contribution < -0.4 is 0 Å². The molecule has 5 nitrogen and oxygen atoms in total. The second-order valence-electron chi connectivity index (χ2n) is 5.37. The molecule has 1 fully saturated rings. The van der Waals surface area contributed by atoms with Gasteiger partial charge in [-0.15, -0.1) is 11.3 Å². The van der Waals surface area contributed by atoms with Crippen LogP contribution in [0.25, 0.3) is 0 Å². The van der Waals surface area contributed by atoms with Crippen molar-refractivity contribution >= 4 is 29.5 Å². The van der Waals surface area contributed by atoms with Crippen molar-refractivity contribution in [3.05, 3.63) is 32.5 Å². The maximum atomic E-state index is 12.7. The summed E-state index contributed by atoms with van der Waals surface area (Å²) in [4.78, 5) is 18.8. The Morgan fingerprint density at radius 1 is 1.57 bits per heavy atom. The molecule has 2 aromatic rings. The van der Waals surface area contributed by atoms with Gasteiger partial charge in [-0.05, 0) is 38.4 Å². The van der Waals surface area contributed by atoms with Crippen LogP contribution in [-0.4, -0.2) is 32.5 Å². The first-order valence-corrected chi connectivity index (χ1v) is 8.34. The summed E-state index contributed by atoms with van der Waals surface area (Å²) in [6.07, 6.45) is 7.37. The summed E-state index contributed by atoms with van der Waals surface area (Å²) in [6.45, 7) is 2.79. The van der Waals surface area contributed by atoms with Gasteiger partial charge >= 0.3 is 0 Å². The fourth-order valence-corrected chi connectivity index (χ4v) is 4.15. The smallest absolute Gasteiger partial charge is 0.228 e. The molecule has 0 radical (unpaired) electrons. The van der Waals surface area contributed by atoms with Crippen molar-refractivity contribution in [2.75, 3.05) is 6.54 Å². The van der Waals surface area contributed by atoms with Gasteiger partial charge in [-0.1, -0.05) is 0 Å². The Morgan fingerprint density at radius 3 is 3.10 bits per heavy atom. The Bertz CT molecular complexity index is 673. The molecule has 0 aromatic carbocycles. The van der Waals surface area contributed by atoms with E-state index in [4.69, 9.17) is 12.2 Å². The topological polar surface area (TPSA) is 64.8 Å². The minimum absolute atomic E-state index is 0.150. The van der Waals surface area contributed by atoms with E-state index >= 15 is 0 Å². The van der Waals surface area contributed by atoms with Crippen LogP contribution in [0.4, 0.5) is 0 Å². The van der Waals surface area contributed by atoms with Gasteiger partial charge in [-0.3, -0.25) is 9.89 Å². The van der Waals surface area contributed by atoms with E-state index in [2.05, 4.69) is 15.2 Å². The summed E-state index contributed by atoms with van der Waals surface area (Å²) in [5.74, 6) is 0.175. The molecule has 1 saturated heterocycles. The second kappa shape index (κ2) is 6.11. The average Bonchev–Trinajstić information content (AvgIpc) is 3.09. The minimum atomic E-state index is 0.150. The van der Waals surface area contributed by atoms with Gasteiger partial charge in [-0.25, -0.2) is 0 Å². The molecule has 0 unspecified atom stereocenters. The Hall–Kier alpha value is -1.47. The molecule has 1 aliphatic heterocycles. The largest absolute Gasteiger partial charge is 0.341 e. The fourth-order valence-electron chi connectivity index (χ4n) is 2.86. The van der Waals surface area contributed by atoms with E-state index in [0.717, 1.165) is 45.9 Å². The molecule has 112 valence electrons. The van der Waals surface area contributed by atoms with Gasteiger partial charge in [0.15, 0.2) is 3.95 Å². The first kappa shape index (κ1) is 14.5. The van der Waals surface area contributed by atoms with E-state index in [1.807, 2.05) is 24.2 Å². The van der Waals surface area contributed by atoms with Crippen LogP contribution in [0, 0.1) is 10.9 Å². The highest BCUT2D eigenvalue weighted by molar-refractivity contribution is 7.73. The number of amides is 1. The molecule has 0 aliphatic carbocycles. The number of carbonyl (C=O) groups is 1. The molecule has 0 bridgehead atoms. The standard InChI is InChI=1S/C14H18N4OS2/c1-9-12(21-14(20)17-9)6-13(19)18-5-3-2-4-11(18)10-7-15-16-8-10/h7-8,11H,2-6H2,1H3,(H,15,16)(H,17,20)/t11-/m0/s1. The predicted molar refractivity (Wildman–Crippen MR) is 84.8 cm³/mol. The van der Waals surface area contributed by atoms with Crippen LogP contribution in [0.1, 0.15) is 41.4 Å². The number of hydrogen-bond acceptors (Lipinski definition) is 4. The SMILES string of the molecule is Cc1[nH]c(=S)sc1CC(=O)N1CCCC[C@H]1c1cn[nH]c1. The lowest BCUT2D eigenvalue weighted by Gasteiger charge is -2.35. The highest BCUT2D eigenvalue weighted by atomic mass is 32.1. The van der Waals surface area contributed by atoms with Crippen LogP contribution in [-0.2, 0) is 11.2 Å². The molecule has 2 aromatic heterocycles. The van der Waals surface area contributed by atoms with Crippen LogP contribution >= 0.6 is 23.6 Å². The summed E-state index contributed by atoms with van der Waals surface area (Å²) in [5.41, 5.74) is 2.11. The molecule has 1 amide bonds. The Labute approximate surface area is 132 Å². The van der Waals surface area contributed by atoms with Gasteiger partial charge in [0.25, 0.3) is 0 Å². The van der Waals surface area contributed by atoms with Gasteiger partial charge in [0.05, 0.1) is 18.7 Å². The molecular formula is C14H18N4OS2. The zero-order valence-electron chi connectivity index (χ0n) is 11.9. The number of piperidine rings is 1. The zero-order valence-corrected chi connectivity index (χ0v) is 13.5. The Kier molecular flexibility index (Phi) is 4.21. The molecule has 2 N–H and O–H groups in total. The number of carbonyl (C=O) groups excluding carboxylic acids is 1. The summed E-state index contributed by atoms with van der Waals surface area (Å²) in [5, 5.41) is 6.86. The number of nitrogens with one attached hydrogen (secondary N) is 2. The molecule has 21 heavy (non-hydrogen) atoms. The van der Waals surface area contributed by atoms with Gasteiger partial charge < -0.3 is 9.88 Å². The molecule has 7 heteroatoms. The second-order valence-corrected chi connectivity index (χ2v) is 7.14. The number of likely N-dealkylation sites (tertiary alicyclic amines) is 1. The monoisotopic (exact) mass is 322 g/mol. The lowest BCUT2D eigenvalue weighted by Crippen LogP contribution is -2.39. The number of thiazole rings is 1. The summed E-state index contributed by atoms with van der Waals surface area (Å²) in [7, 11) is 0. The molecule has 1 aliphatic rings. The van der Waals surface area contributed by atoms with Gasteiger partial charge in [-0.2, -0.15) is 5.10 Å². The Morgan fingerprint density at radius 2 is 2.43 bits per heavy atom. The van der Waals surface area contributed by atoms with Gasteiger partial charge in [0, 0.05) is 28.9 Å². The lowest BCUT2D eigenvalue weighted by atomic mass is 9.97. The third-order valence-electron chi connectivity index (χ3n) is 3.96. The highest BCUT2D eigenvalue weighted by Crippen LogP contribution is 2.31. The summed E-state index contributed by atoms with van der Waals surface area (Å²) >= 11 is 6.64. The van der Waals surface area contributed by atoms with Crippen molar-refractivity contribution in [2.45, 2.75) is 38.6 Å². The van der Waals surface area contributed by atoms with Crippen molar-refractivity contribution < 1.29 is 4.79 Å². The summed E-state index contributed by atoms with van der Waals surface area (Å²) < 4.78 is 0.736. The Balaban J connectivity index is 1.78. The maximum Gasteiger partial charge on any atom is 0.228 e. The number of rotatable bonds is 3. The van der Waals surface area contributed by atoms with Crippen molar-refractivity contribution in [1.82, 2.24) is 20.1 Å². The van der Waals surface area contributed by atoms with E-state index in [1.54, 1.807) is 0 Å². The predicted octanol–water partition coefficient (Wildman–Crippen LogP) is 3.13. The number of aryl methyl sites for hydroxylation is 1. The first-order chi connectivity index (χ1) is 10.1. The van der Waals surface area contributed by atoms with E-state index in [9.17, 15) is 4.79 Å². The zero-order chi connectivity index (χ0) is 14.8. The van der Waals surface area contributed by atoms with Gasteiger partial charge in [0.2, 0.25) is 5.91 Å². The third-order valence-corrected chi connectivity index (χ3v) is 5.30. The highest BCUT2D eigenvalue weighted by Gasteiger charge is 2.28. The maximum absolute atomic E-state index is 12.7. The van der Waals surface area contributed by atoms with Crippen molar-refractivity contribution in [3.8, 4) is 0 Å². The molecule has 3 heterocycles. The molecule has 1 atom stereocenters. The van der Waals surface area contributed by atoms with Gasteiger partial charge in [0.1, 0.15) is 0 Å². The van der Waals surface area contributed by atoms with Crippen LogP contribution in [0.5, 0.6) is 0 Å². The lowest BCUT2D eigenvalue weighted by molar-refractivity contribution is -0.134. The molecule has 3 rings (SSSR count). The van der Waals surface area contributed by atoms with Crippen LogP contribution in [0.2, 0.25) is 0 Å². The number of H-pyrrole nitrogens is 2. The van der Waals surface area contributed by atoms with Crippen LogP contribution in [0.3, 0.4) is 0 Å². The fraction of sp³-hybridized carbons (Fsp3) is 0.500. The number of aromatic amines is 2. The normalized spacial score (nSPS) is 18.9. The third kappa shape index (κ3) is 3.08. The number of hydrogen-bond donors (Lipinski definition) is 2. The summed E-state index contributed by atoms with van der Waals surface area (Å²) in [6, 6.07) is 0.150. The van der Waals surface area contributed by atoms with Crippen LogP contribution in [0.15, 0.2) is 12.4 Å². The van der Waals surface area contributed by atoms with Crippen molar-refractivity contribution in [3.63, 3.8) is 0 Å². The van der Waals surface area contributed by atoms with E-state index < -0.39 is 0 Å². The quantitative estimate of drug-likeness (QED) is 0.853. The number of aromatic nitrogens is 3. The first-order valence-electron chi connectivity index (χ1n) is 7.12. The minimum Gasteiger partial charge on any atom is -0.341 e. The van der Waals surface area contributed by atoms with Crippen molar-refractivity contribution in [2.24, 2.45) is 0 Å². The molecule has 0 spiro atoms. The number of nitrogens with zero attached hydrogens (tertiary/aromatic N) is 2. The van der Waals surface area contributed by atoms with E-state index in [-0.39, 0.29) is 11.9 Å². The van der Waals surface area contributed by atoms with Crippen molar-refractivity contribution in [1.29, 1.82) is 0 Å².